The maximum absolute atomic E-state index is 4.45. The van der Waals surface area contributed by atoms with Crippen molar-refractivity contribution in [2.45, 2.75) is 31.8 Å². The average Bonchev–Trinajstić information content (AvgIpc) is 3.02. The number of rotatable bonds is 4. The molecule has 0 saturated heterocycles. The molecule has 1 aliphatic rings. The van der Waals surface area contributed by atoms with Gasteiger partial charge in [-0.1, -0.05) is 0 Å². The first-order chi connectivity index (χ1) is 9.90. The molecule has 4 rings (SSSR count). The molecule has 5 nitrogen and oxygen atoms in total. The summed E-state index contributed by atoms with van der Waals surface area (Å²) >= 11 is 1.25. The molecule has 0 amide bonds. The van der Waals surface area contributed by atoms with Gasteiger partial charge in [0, 0.05) is 11.9 Å². The molecule has 2 aromatic heterocycles. The first-order valence-corrected chi connectivity index (χ1v) is 7.62. The molecule has 0 radical (unpaired) electrons. The molecule has 2 heterocycles. The van der Waals surface area contributed by atoms with Gasteiger partial charge in [0.2, 0.25) is 0 Å². The highest BCUT2D eigenvalue weighted by Crippen LogP contribution is 2.31. The summed E-state index contributed by atoms with van der Waals surface area (Å²) in [6.45, 7) is 0.791. The van der Waals surface area contributed by atoms with Crippen LogP contribution >= 0.6 is 11.7 Å². The lowest BCUT2D eigenvalue weighted by atomic mass is 9.93. The molecule has 0 aliphatic heterocycles. The van der Waals surface area contributed by atoms with Gasteiger partial charge in [0.05, 0.1) is 30.0 Å². The van der Waals surface area contributed by atoms with Crippen molar-refractivity contribution >= 4 is 28.4 Å². The summed E-state index contributed by atoms with van der Waals surface area (Å²) in [6.07, 6.45) is 5.73. The maximum Gasteiger partial charge on any atom is 0.106 e. The van der Waals surface area contributed by atoms with Crippen LogP contribution in [0.5, 0.6) is 0 Å². The van der Waals surface area contributed by atoms with Crippen molar-refractivity contribution in [2.24, 2.45) is 0 Å². The molecule has 0 spiro atoms. The largest absolute Gasteiger partial charge is 0.379 e. The first-order valence-electron chi connectivity index (χ1n) is 6.89. The molecule has 0 unspecified atom stereocenters. The Kier molecular flexibility index (Phi) is 2.88. The topological polar surface area (TPSA) is 55.6 Å². The number of nitrogens with one attached hydrogen (secondary N) is 1. The standard InChI is InChI=1S/C14H15N5S/c1-2-11(3-1)19-12(6-7-16-19)9-15-10-4-5-13-14(8-10)18-20-17-13/h4-8,11,15H,1-3,9H2. The van der Waals surface area contributed by atoms with E-state index >= 15 is 0 Å². The van der Waals surface area contributed by atoms with E-state index in [0.717, 1.165) is 23.3 Å². The molecule has 20 heavy (non-hydrogen) atoms. The van der Waals surface area contributed by atoms with Gasteiger partial charge < -0.3 is 5.32 Å². The van der Waals surface area contributed by atoms with E-state index in [1.54, 1.807) is 0 Å². The minimum Gasteiger partial charge on any atom is -0.379 e. The van der Waals surface area contributed by atoms with Crippen LogP contribution in [0.1, 0.15) is 31.0 Å². The minimum atomic E-state index is 0.604. The van der Waals surface area contributed by atoms with E-state index in [1.165, 1.54) is 36.7 Å². The van der Waals surface area contributed by atoms with E-state index in [-0.39, 0.29) is 0 Å². The van der Waals surface area contributed by atoms with Crippen LogP contribution in [-0.2, 0) is 6.54 Å². The zero-order valence-corrected chi connectivity index (χ0v) is 11.8. The Balaban J connectivity index is 1.50. The summed E-state index contributed by atoms with van der Waals surface area (Å²) in [5.41, 5.74) is 4.23. The summed E-state index contributed by atoms with van der Waals surface area (Å²) in [5, 5.41) is 7.90. The van der Waals surface area contributed by atoms with Gasteiger partial charge in [-0.05, 0) is 43.5 Å². The number of aromatic nitrogens is 4. The van der Waals surface area contributed by atoms with Gasteiger partial charge in [-0.25, -0.2) is 0 Å². The zero-order chi connectivity index (χ0) is 13.4. The van der Waals surface area contributed by atoms with Crippen molar-refractivity contribution in [1.82, 2.24) is 18.5 Å². The van der Waals surface area contributed by atoms with E-state index < -0.39 is 0 Å². The molecular formula is C14H15N5S. The summed E-state index contributed by atoms with van der Waals surface area (Å²) < 4.78 is 10.6. The van der Waals surface area contributed by atoms with Gasteiger partial charge in [-0.15, -0.1) is 0 Å². The Bertz CT molecular complexity index is 728. The van der Waals surface area contributed by atoms with Crippen molar-refractivity contribution < 1.29 is 0 Å². The van der Waals surface area contributed by atoms with Crippen LogP contribution in [0.25, 0.3) is 11.0 Å². The van der Waals surface area contributed by atoms with Gasteiger partial charge in [-0.3, -0.25) is 4.68 Å². The van der Waals surface area contributed by atoms with Crippen LogP contribution in [-0.4, -0.2) is 18.5 Å². The fourth-order valence-corrected chi connectivity index (χ4v) is 3.04. The van der Waals surface area contributed by atoms with E-state index in [2.05, 4.69) is 29.9 Å². The van der Waals surface area contributed by atoms with E-state index in [1.807, 2.05) is 24.4 Å². The number of anilines is 1. The first kappa shape index (κ1) is 11.8. The van der Waals surface area contributed by atoms with Crippen molar-refractivity contribution in [1.29, 1.82) is 0 Å². The van der Waals surface area contributed by atoms with Gasteiger partial charge >= 0.3 is 0 Å². The summed E-state index contributed by atoms with van der Waals surface area (Å²) in [7, 11) is 0. The second-order valence-corrected chi connectivity index (χ2v) is 5.70. The van der Waals surface area contributed by atoms with Gasteiger partial charge in [-0.2, -0.15) is 13.8 Å². The molecule has 0 bridgehead atoms. The molecule has 6 heteroatoms. The van der Waals surface area contributed by atoms with Gasteiger partial charge in [0.1, 0.15) is 11.0 Å². The lowest BCUT2D eigenvalue weighted by Crippen LogP contribution is -2.21. The lowest BCUT2D eigenvalue weighted by Gasteiger charge is -2.27. The molecule has 102 valence electrons. The van der Waals surface area contributed by atoms with Gasteiger partial charge in [0.15, 0.2) is 0 Å². The molecule has 3 aromatic rings. The Morgan fingerprint density at radius 2 is 2.10 bits per heavy atom. The van der Waals surface area contributed by atoms with Crippen molar-refractivity contribution in [2.75, 3.05) is 5.32 Å². The normalized spacial score (nSPS) is 15.4. The van der Waals surface area contributed by atoms with Crippen LogP contribution in [0.15, 0.2) is 30.5 Å². The number of benzene rings is 1. The third kappa shape index (κ3) is 2.06. The minimum absolute atomic E-state index is 0.604. The van der Waals surface area contributed by atoms with Crippen LogP contribution in [0, 0.1) is 0 Å². The maximum atomic E-state index is 4.45. The van der Waals surface area contributed by atoms with Crippen LogP contribution in [0.4, 0.5) is 5.69 Å². The van der Waals surface area contributed by atoms with Crippen LogP contribution in [0.2, 0.25) is 0 Å². The van der Waals surface area contributed by atoms with Crippen molar-refractivity contribution in [3.63, 3.8) is 0 Å². The molecule has 1 fully saturated rings. The summed E-state index contributed by atoms with van der Waals surface area (Å²) in [4.78, 5) is 0. The number of hydrogen-bond donors (Lipinski definition) is 1. The van der Waals surface area contributed by atoms with Crippen LogP contribution < -0.4 is 5.32 Å². The third-order valence-electron chi connectivity index (χ3n) is 3.90. The number of nitrogens with zero attached hydrogens (tertiary/aromatic N) is 4. The molecule has 0 atom stereocenters. The van der Waals surface area contributed by atoms with Crippen molar-refractivity contribution in [3.8, 4) is 0 Å². The quantitative estimate of drug-likeness (QED) is 0.799. The van der Waals surface area contributed by atoms with Gasteiger partial charge in [0.25, 0.3) is 0 Å². The molecule has 1 saturated carbocycles. The van der Waals surface area contributed by atoms with Crippen molar-refractivity contribution in [3.05, 3.63) is 36.2 Å². The smallest absolute Gasteiger partial charge is 0.106 e. The molecule has 1 aliphatic carbocycles. The Morgan fingerprint density at radius 1 is 1.20 bits per heavy atom. The fraction of sp³-hybridized carbons (Fsp3) is 0.357. The summed E-state index contributed by atoms with van der Waals surface area (Å²) in [6, 6.07) is 8.79. The SMILES string of the molecule is c1cc(CNc2ccc3nsnc3c2)n(C2CCC2)n1. The number of fused-ring (bicyclic) bond motifs is 1. The number of hydrogen-bond acceptors (Lipinski definition) is 5. The predicted molar refractivity (Wildman–Crippen MR) is 79.9 cm³/mol. The molecular weight excluding hydrogens is 270 g/mol. The third-order valence-corrected chi connectivity index (χ3v) is 4.46. The highest BCUT2D eigenvalue weighted by atomic mass is 32.1. The highest BCUT2D eigenvalue weighted by molar-refractivity contribution is 7.00. The second kappa shape index (κ2) is 4.86. The Hall–Kier alpha value is -1.95. The molecule has 1 aromatic carbocycles. The Morgan fingerprint density at radius 3 is 2.95 bits per heavy atom. The molecule has 1 N–H and O–H groups in total. The zero-order valence-electron chi connectivity index (χ0n) is 11.0. The lowest BCUT2D eigenvalue weighted by molar-refractivity contribution is 0.283. The van der Waals surface area contributed by atoms with E-state index in [0.29, 0.717) is 6.04 Å². The van der Waals surface area contributed by atoms with Crippen LogP contribution in [0.3, 0.4) is 0 Å². The Labute approximate surface area is 121 Å². The second-order valence-electron chi connectivity index (χ2n) is 5.17. The summed E-state index contributed by atoms with van der Waals surface area (Å²) in [5.74, 6) is 0. The predicted octanol–water partition coefficient (Wildman–Crippen LogP) is 3.22. The highest BCUT2D eigenvalue weighted by Gasteiger charge is 2.21. The fourth-order valence-electron chi connectivity index (χ4n) is 2.53. The van der Waals surface area contributed by atoms with E-state index in [9.17, 15) is 0 Å². The van der Waals surface area contributed by atoms with E-state index in [4.69, 9.17) is 0 Å². The average molecular weight is 285 g/mol. The monoisotopic (exact) mass is 285 g/mol.